The molecule has 0 radical (unpaired) electrons. The van der Waals surface area contributed by atoms with Gasteiger partial charge in [-0.25, -0.2) is 0 Å². The van der Waals surface area contributed by atoms with Crippen molar-refractivity contribution in [3.63, 3.8) is 0 Å². The molecule has 1 heterocycles. The smallest absolute Gasteiger partial charge is 0.303 e. The molecular formula is C8H14O7. The van der Waals surface area contributed by atoms with Crippen LogP contribution in [-0.4, -0.2) is 63.7 Å². The molecule has 0 aromatic carbocycles. The minimum Gasteiger partial charge on any atom is -0.454 e. The topological polar surface area (TPSA) is 116 Å². The Hall–Kier alpha value is -0.730. The van der Waals surface area contributed by atoms with Crippen molar-refractivity contribution in [3.05, 3.63) is 0 Å². The SMILES string of the molecule is CC(=O)O[C@@H]1[C@@H](O)[C@@H](O)[C@@H](CO)O[C@@H]1O. The van der Waals surface area contributed by atoms with Crippen LogP contribution in [0.5, 0.6) is 0 Å². The molecule has 1 aliphatic rings. The van der Waals surface area contributed by atoms with Gasteiger partial charge in [-0.2, -0.15) is 0 Å². The van der Waals surface area contributed by atoms with E-state index in [1.165, 1.54) is 0 Å². The molecule has 88 valence electrons. The van der Waals surface area contributed by atoms with Crippen LogP contribution in [0.2, 0.25) is 0 Å². The minimum atomic E-state index is -1.57. The maximum Gasteiger partial charge on any atom is 0.303 e. The monoisotopic (exact) mass is 222 g/mol. The Morgan fingerprint density at radius 2 is 1.93 bits per heavy atom. The van der Waals surface area contributed by atoms with Gasteiger partial charge in [-0.15, -0.1) is 0 Å². The van der Waals surface area contributed by atoms with E-state index in [4.69, 9.17) is 9.84 Å². The molecule has 1 rings (SSSR count). The third-order valence-corrected chi connectivity index (χ3v) is 2.14. The van der Waals surface area contributed by atoms with Gasteiger partial charge in [-0.3, -0.25) is 4.79 Å². The zero-order valence-corrected chi connectivity index (χ0v) is 8.11. The van der Waals surface area contributed by atoms with Crippen LogP contribution in [0.3, 0.4) is 0 Å². The molecule has 0 unspecified atom stereocenters. The van der Waals surface area contributed by atoms with Gasteiger partial charge in [0.05, 0.1) is 6.61 Å². The van der Waals surface area contributed by atoms with E-state index in [0.717, 1.165) is 6.92 Å². The molecule has 0 amide bonds. The van der Waals surface area contributed by atoms with Crippen molar-refractivity contribution in [2.45, 2.75) is 37.6 Å². The third kappa shape index (κ3) is 2.64. The van der Waals surface area contributed by atoms with Crippen molar-refractivity contribution in [2.75, 3.05) is 6.61 Å². The summed E-state index contributed by atoms with van der Waals surface area (Å²) in [6.07, 6.45) is -6.91. The molecule has 5 atom stereocenters. The quantitative estimate of drug-likeness (QED) is 0.377. The predicted octanol–water partition coefficient (Wildman–Crippen LogP) is -2.65. The third-order valence-electron chi connectivity index (χ3n) is 2.14. The van der Waals surface area contributed by atoms with Crippen LogP contribution in [0.4, 0.5) is 0 Å². The average Bonchev–Trinajstić information content (AvgIpc) is 2.18. The summed E-state index contributed by atoms with van der Waals surface area (Å²) in [5.41, 5.74) is 0. The van der Waals surface area contributed by atoms with E-state index < -0.39 is 43.3 Å². The number of rotatable bonds is 2. The average molecular weight is 222 g/mol. The lowest BCUT2D eigenvalue weighted by atomic mass is 9.99. The van der Waals surface area contributed by atoms with Crippen molar-refractivity contribution < 1.29 is 34.7 Å². The first-order chi connectivity index (χ1) is 6.97. The van der Waals surface area contributed by atoms with Crippen molar-refractivity contribution >= 4 is 5.97 Å². The van der Waals surface area contributed by atoms with Crippen LogP contribution in [0.25, 0.3) is 0 Å². The number of aliphatic hydroxyl groups excluding tert-OH is 4. The lowest BCUT2D eigenvalue weighted by molar-refractivity contribution is -0.290. The summed E-state index contributed by atoms with van der Waals surface area (Å²) in [7, 11) is 0. The lowest BCUT2D eigenvalue weighted by Gasteiger charge is -2.39. The first-order valence-electron chi connectivity index (χ1n) is 4.45. The largest absolute Gasteiger partial charge is 0.454 e. The number of carbonyl (C=O) groups excluding carboxylic acids is 1. The number of ether oxygens (including phenoxy) is 2. The van der Waals surface area contributed by atoms with E-state index in [1.54, 1.807) is 0 Å². The van der Waals surface area contributed by atoms with Crippen LogP contribution in [0.1, 0.15) is 6.92 Å². The molecule has 1 saturated heterocycles. The van der Waals surface area contributed by atoms with E-state index in [-0.39, 0.29) is 0 Å². The van der Waals surface area contributed by atoms with Crippen LogP contribution in [0.15, 0.2) is 0 Å². The minimum absolute atomic E-state index is 0.553. The van der Waals surface area contributed by atoms with Crippen LogP contribution < -0.4 is 0 Å². The second-order valence-corrected chi connectivity index (χ2v) is 3.30. The van der Waals surface area contributed by atoms with Crippen molar-refractivity contribution in [2.24, 2.45) is 0 Å². The predicted molar refractivity (Wildman–Crippen MR) is 45.5 cm³/mol. The van der Waals surface area contributed by atoms with E-state index in [9.17, 15) is 20.1 Å². The summed E-state index contributed by atoms with van der Waals surface area (Å²) in [5.74, 6) is -0.712. The highest BCUT2D eigenvalue weighted by Crippen LogP contribution is 2.22. The first kappa shape index (κ1) is 12.3. The molecule has 0 bridgehead atoms. The Bertz CT molecular complexity index is 231. The van der Waals surface area contributed by atoms with Gasteiger partial charge in [0.2, 0.25) is 0 Å². The molecule has 1 fully saturated rings. The highest BCUT2D eigenvalue weighted by Gasteiger charge is 2.45. The highest BCUT2D eigenvalue weighted by molar-refractivity contribution is 5.66. The number of esters is 1. The Balaban J connectivity index is 2.70. The number of carbonyl (C=O) groups is 1. The van der Waals surface area contributed by atoms with Crippen molar-refractivity contribution in [1.82, 2.24) is 0 Å². The molecule has 1 aliphatic heterocycles. The molecule has 7 heteroatoms. The zero-order valence-electron chi connectivity index (χ0n) is 8.11. The molecule has 0 aromatic rings. The number of hydrogen-bond donors (Lipinski definition) is 4. The Morgan fingerprint density at radius 1 is 1.33 bits per heavy atom. The van der Waals surface area contributed by atoms with Gasteiger partial charge in [0.25, 0.3) is 0 Å². The number of hydrogen-bond acceptors (Lipinski definition) is 7. The second kappa shape index (κ2) is 4.86. The first-order valence-corrected chi connectivity index (χ1v) is 4.45. The Kier molecular flexibility index (Phi) is 4.00. The Morgan fingerprint density at radius 3 is 2.40 bits per heavy atom. The molecule has 0 saturated carbocycles. The molecular weight excluding hydrogens is 208 g/mol. The van der Waals surface area contributed by atoms with E-state index in [0.29, 0.717) is 0 Å². The van der Waals surface area contributed by atoms with Crippen molar-refractivity contribution in [1.29, 1.82) is 0 Å². The van der Waals surface area contributed by atoms with Gasteiger partial charge in [-0.1, -0.05) is 0 Å². The summed E-state index contributed by atoms with van der Waals surface area (Å²) >= 11 is 0. The van der Waals surface area contributed by atoms with Crippen LogP contribution in [0, 0.1) is 0 Å². The van der Waals surface area contributed by atoms with Crippen LogP contribution >= 0.6 is 0 Å². The normalized spacial score (nSPS) is 41.3. The molecule has 7 nitrogen and oxygen atoms in total. The Labute approximate surface area is 85.9 Å². The molecule has 4 N–H and O–H groups in total. The fourth-order valence-electron chi connectivity index (χ4n) is 1.39. The fraction of sp³-hybridized carbons (Fsp3) is 0.875. The van der Waals surface area contributed by atoms with Gasteiger partial charge < -0.3 is 29.9 Å². The standard InChI is InChI=1S/C8H14O7/c1-3(10)14-7-6(12)5(11)4(2-9)15-8(7)13/h4-9,11-13H,2H2,1H3/t4-,5+,6+,7-,8+/m1/s1. The maximum atomic E-state index is 10.6. The molecule has 0 spiro atoms. The molecule has 0 aromatic heterocycles. The summed E-state index contributed by atoms with van der Waals surface area (Å²) in [6, 6.07) is 0. The van der Waals surface area contributed by atoms with Gasteiger partial charge in [0.15, 0.2) is 12.4 Å². The van der Waals surface area contributed by atoms with E-state index in [2.05, 4.69) is 4.74 Å². The second-order valence-electron chi connectivity index (χ2n) is 3.30. The summed E-state index contributed by atoms with van der Waals surface area (Å²) in [6.45, 7) is 0.548. The maximum absolute atomic E-state index is 10.6. The summed E-state index contributed by atoms with van der Waals surface area (Å²) in [4.78, 5) is 10.6. The lowest BCUT2D eigenvalue weighted by Crippen LogP contribution is -2.59. The van der Waals surface area contributed by atoms with Crippen molar-refractivity contribution in [3.8, 4) is 0 Å². The summed E-state index contributed by atoms with van der Waals surface area (Å²) in [5, 5.41) is 37.0. The molecule has 15 heavy (non-hydrogen) atoms. The van der Waals surface area contributed by atoms with Crippen LogP contribution in [-0.2, 0) is 14.3 Å². The number of aliphatic hydroxyl groups is 4. The van der Waals surface area contributed by atoms with Gasteiger partial charge in [-0.05, 0) is 0 Å². The van der Waals surface area contributed by atoms with Gasteiger partial charge in [0.1, 0.15) is 18.3 Å². The zero-order chi connectivity index (χ0) is 11.6. The van der Waals surface area contributed by atoms with Gasteiger partial charge in [0, 0.05) is 6.92 Å². The summed E-state index contributed by atoms with van der Waals surface area (Å²) < 4.78 is 9.32. The molecule has 0 aliphatic carbocycles. The highest BCUT2D eigenvalue weighted by atomic mass is 16.7. The fourth-order valence-corrected chi connectivity index (χ4v) is 1.39. The van der Waals surface area contributed by atoms with E-state index in [1.807, 2.05) is 0 Å². The van der Waals surface area contributed by atoms with Gasteiger partial charge >= 0.3 is 5.97 Å². The van der Waals surface area contributed by atoms with E-state index >= 15 is 0 Å².